The smallest absolute Gasteiger partial charge is 0.348 e. The number of nitrogens with one attached hydrogen (secondary N) is 1. The van der Waals surface area contributed by atoms with Crippen LogP contribution < -0.4 is 10.9 Å². The number of phenolic OH excluding ortho intramolecular Hbond substituents is 1. The fourth-order valence-corrected chi connectivity index (χ4v) is 2.05. The second kappa shape index (κ2) is 6.26. The molecule has 0 unspecified atom stereocenters. The Morgan fingerprint density at radius 2 is 2.00 bits per heavy atom. The number of hydrogen-bond donors (Lipinski definition) is 2. The number of carbonyl (C=O) groups is 1. The van der Waals surface area contributed by atoms with Crippen molar-refractivity contribution in [1.29, 1.82) is 0 Å². The van der Waals surface area contributed by atoms with Crippen LogP contribution in [0, 0.1) is 6.92 Å². The number of aromatic hydroxyl groups is 1. The van der Waals surface area contributed by atoms with Crippen LogP contribution in [0.3, 0.4) is 0 Å². The van der Waals surface area contributed by atoms with Gasteiger partial charge in [-0.1, -0.05) is 19.1 Å². The van der Waals surface area contributed by atoms with Gasteiger partial charge in [0.1, 0.15) is 17.1 Å². The van der Waals surface area contributed by atoms with Crippen LogP contribution in [-0.2, 0) is 0 Å². The first-order valence-corrected chi connectivity index (χ1v) is 6.76. The van der Waals surface area contributed by atoms with Gasteiger partial charge < -0.3 is 14.8 Å². The molecule has 0 fully saturated rings. The summed E-state index contributed by atoms with van der Waals surface area (Å²) in [7, 11) is 0. The molecule has 0 bridgehead atoms. The predicted octanol–water partition coefficient (Wildman–Crippen LogP) is 3.38. The van der Waals surface area contributed by atoms with Crippen molar-refractivity contribution < 1.29 is 14.3 Å². The lowest BCUT2D eigenvalue weighted by Crippen LogP contribution is -2.17. The third kappa shape index (κ3) is 3.31. The highest BCUT2D eigenvalue weighted by molar-refractivity contribution is 6.01. The largest absolute Gasteiger partial charge is 0.506 e. The molecule has 21 heavy (non-hydrogen) atoms. The van der Waals surface area contributed by atoms with E-state index in [0.717, 1.165) is 0 Å². The van der Waals surface area contributed by atoms with Gasteiger partial charge in [-0.05, 0) is 25.5 Å². The molecule has 5 heteroatoms. The number of rotatable bonds is 5. The Balaban J connectivity index is 2.49. The summed E-state index contributed by atoms with van der Waals surface area (Å²) >= 11 is 0. The maximum absolute atomic E-state index is 12.1. The van der Waals surface area contributed by atoms with Crippen LogP contribution in [0.4, 0.5) is 11.4 Å². The summed E-state index contributed by atoms with van der Waals surface area (Å²) in [6.07, 6.45) is 0.908. The van der Waals surface area contributed by atoms with Crippen molar-refractivity contribution in [3.63, 3.8) is 0 Å². The standard InChI is InChI=1S/C16H17NO4/c1-3-6-14(19)15-12(9-10(2)21-16(15)20)17-11-7-4-5-8-13(11)18/h4-5,7-9,17-18H,3,6H2,1-2H3. The van der Waals surface area contributed by atoms with Crippen molar-refractivity contribution in [1.82, 2.24) is 0 Å². The maximum atomic E-state index is 12.1. The zero-order valence-electron chi connectivity index (χ0n) is 12.0. The van der Waals surface area contributed by atoms with Crippen LogP contribution in [-0.4, -0.2) is 10.9 Å². The molecule has 0 spiro atoms. The summed E-state index contributed by atoms with van der Waals surface area (Å²) < 4.78 is 5.01. The number of anilines is 2. The zero-order chi connectivity index (χ0) is 15.4. The second-order valence-electron chi connectivity index (χ2n) is 4.75. The average molecular weight is 287 g/mol. The molecule has 0 amide bonds. The van der Waals surface area contributed by atoms with Crippen LogP contribution in [0.25, 0.3) is 0 Å². The molecule has 1 aromatic heterocycles. The van der Waals surface area contributed by atoms with Crippen molar-refractivity contribution in [2.24, 2.45) is 0 Å². The number of hydrogen-bond acceptors (Lipinski definition) is 5. The van der Waals surface area contributed by atoms with E-state index in [4.69, 9.17) is 4.42 Å². The van der Waals surface area contributed by atoms with E-state index in [1.54, 1.807) is 31.2 Å². The van der Waals surface area contributed by atoms with Crippen LogP contribution >= 0.6 is 0 Å². The molecule has 0 saturated heterocycles. The van der Waals surface area contributed by atoms with Gasteiger partial charge in [0, 0.05) is 12.5 Å². The van der Waals surface area contributed by atoms with Crippen molar-refractivity contribution in [3.8, 4) is 5.75 Å². The average Bonchev–Trinajstić information content (AvgIpc) is 2.41. The Morgan fingerprint density at radius 1 is 1.29 bits per heavy atom. The summed E-state index contributed by atoms with van der Waals surface area (Å²) in [4.78, 5) is 24.1. The Bertz CT molecular complexity index is 718. The van der Waals surface area contributed by atoms with E-state index < -0.39 is 5.63 Å². The van der Waals surface area contributed by atoms with Gasteiger partial charge in [0.2, 0.25) is 0 Å². The first-order chi connectivity index (χ1) is 10.0. The van der Waals surface area contributed by atoms with Crippen LogP contribution in [0.1, 0.15) is 35.9 Å². The Hall–Kier alpha value is -2.56. The van der Waals surface area contributed by atoms with Gasteiger partial charge in [-0.2, -0.15) is 0 Å². The third-order valence-corrected chi connectivity index (χ3v) is 3.00. The molecule has 0 aliphatic rings. The third-order valence-electron chi connectivity index (χ3n) is 3.00. The van der Waals surface area contributed by atoms with Crippen molar-refractivity contribution >= 4 is 17.2 Å². The van der Waals surface area contributed by atoms with E-state index in [-0.39, 0.29) is 23.5 Å². The summed E-state index contributed by atoms with van der Waals surface area (Å²) in [5.41, 5.74) is 0.105. The molecular weight excluding hydrogens is 270 g/mol. The molecule has 110 valence electrons. The van der Waals surface area contributed by atoms with E-state index in [9.17, 15) is 14.7 Å². The highest BCUT2D eigenvalue weighted by Gasteiger charge is 2.18. The molecule has 0 radical (unpaired) electrons. The van der Waals surface area contributed by atoms with Gasteiger partial charge in [0.15, 0.2) is 5.78 Å². The predicted molar refractivity (Wildman–Crippen MR) is 80.3 cm³/mol. The van der Waals surface area contributed by atoms with Crippen molar-refractivity contribution in [3.05, 3.63) is 52.1 Å². The fourth-order valence-electron chi connectivity index (χ4n) is 2.05. The van der Waals surface area contributed by atoms with Gasteiger partial charge in [-0.25, -0.2) is 4.79 Å². The molecule has 2 aromatic rings. The first kappa shape index (κ1) is 14.8. The molecule has 1 aromatic carbocycles. The van der Waals surface area contributed by atoms with Gasteiger partial charge in [-0.15, -0.1) is 0 Å². The molecule has 2 rings (SSSR count). The summed E-state index contributed by atoms with van der Waals surface area (Å²) in [5, 5.41) is 12.7. The summed E-state index contributed by atoms with van der Waals surface area (Å²) in [5.74, 6) is 0.160. The molecule has 0 aliphatic heterocycles. The number of phenols is 1. The normalized spacial score (nSPS) is 10.4. The van der Waals surface area contributed by atoms with Crippen molar-refractivity contribution in [2.45, 2.75) is 26.7 Å². The number of para-hydroxylation sites is 2. The highest BCUT2D eigenvalue weighted by atomic mass is 16.4. The Morgan fingerprint density at radius 3 is 2.67 bits per heavy atom. The van der Waals surface area contributed by atoms with E-state index in [1.807, 2.05) is 6.92 Å². The van der Waals surface area contributed by atoms with Gasteiger partial charge in [0.05, 0.1) is 11.4 Å². The van der Waals surface area contributed by atoms with E-state index in [0.29, 0.717) is 23.6 Å². The van der Waals surface area contributed by atoms with Gasteiger partial charge in [0.25, 0.3) is 0 Å². The second-order valence-corrected chi connectivity index (χ2v) is 4.75. The monoisotopic (exact) mass is 287 g/mol. The Kier molecular flexibility index (Phi) is 4.42. The topological polar surface area (TPSA) is 79.5 Å². The van der Waals surface area contributed by atoms with Crippen molar-refractivity contribution in [2.75, 3.05) is 5.32 Å². The number of carbonyl (C=O) groups excluding carboxylic acids is 1. The fraction of sp³-hybridized carbons (Fsp3) is 0.250. The number of Topliss-reactive ketones (excluding diaryl/α,β-unsaturated/α-hetero) is 1. The van der Waals surface area contributed by atoms with Gasteiger partial charge >= 0.3 is 5.63 Å². The number of ketones is 1. The summed E-state index contributed by atoms with van der Waals surface area (Å²) in [6, 6.07) is 8.19. The van der Waals surface area contributed by atoms with Crippen LogP contribution in [0.15, 0.2) is 39.5 Å². The highest BCUT2D eigenvalue weighted by Crippen LogP contribution is 2.27. The quantitative estimate of drug-likeness (QED) is 0.651. The van der Waals surface area contributed by atoms with E-state index in [2.05, 4.69) is 5.32 Å². The first-order valence-electron chi connectivity index (χ1n) is 6.76. The lowest BCUT2D eigenvalue weighted by Gasteiger charge is -2.12. The minimum atomic E-state index is -0.661. The van der Waals surface area contributed by atoms with Crippen LogP contribution in [0.5, 0.6) is 5.75 Å². The SMILES string of the molecule is CCCC(=O)c1c(Nc2ccccc2O)cc(C)oc1=O. The maximum Gasteiger partial charge on any atom is 0.348 e. The molecule has 2 N–H and O–H groups in total. The molecule has 5 nitrogen and oxygen atoms in total. The minimum absolute atomic E-state index is 0.00861. The molecule has 0 atom stereocenters. The number of aryl methyl sites for hydroxylation is 1. The number of benzene rings is 1. The minimum Gasteiger partial charge on any atom is -0.506 e. The molecule has 0 aliphatic carbocycles. The molecule has 0 saturated carbocycles. The van der Waals surface area contributed by atoms with E-state index >= 15 is 0 Å². The zero-order valence-corrected chi connectivity index (χ0v) is 12.0. The van der Waals surface area contributed by atoms with Gasteiger partial charge in [-0.3, -0.25) is 4.79 Å². The van der Waals surface area contributed by atoms with Crippen LogP contribution in [0.2, 0.25) is 0 Å². The molecular formula is C16H17NO4. The lowest BCUT2D eigenvalue weighted by atomic mass is 10.1. The van der Waals surface area contributed by atoms with E-state index in [1.165, 1.54) is 6.07 Å². The Labute approximate surface area is 122 Å². The lowest BCUT2D eigenvalue weighted by molar-refractivity contribution is 0.0978. The summed E-state index contributed by atoms with van der Waals surface area (Å²) in [6.45, 7) is 3.50. The molecule has 1 heterocycles.